The third-order valence-electron chi connectivity index (χ3n) is 12.3. The summed E-state index contributed by atoms with van der Waals surface area (Å²) in [5.41, 5.74) is 18.7. The largest absolute Gasteiger partial charge is 0.228 e. The highest BCUT2D eigenvalue weighted by atomic mass is 14.9. The van der Waals surface area contributed by atoms with Crippen molar-refractivity contribution in [2.24, 2.45) is 0 Å². The zero-order valence-electron chi connectivity index (χ0n) is 30.2. The molecule has 1 unspecified atom stereocenters. The lowest BCUT2D eigenvalue weighted by atomic mass is 9.52. The second kappa shape index (κ2) is 11.4. The standard InChI is InChI=1S/C52H36N2/c1-3-17-36-33(2)51(41-24-11-7-20-37(36)41)44-27-14-15-28-45(44)52(42-25-12-8-21-38(42)39-22-9-13-26-43(39)52)47-32-35(30-31-46(47)51)50-53-48-29-16-10-23-40(48)49(54-50)34-18-5-4-6-19-34/h3-32H,1-2H3/b17-3-. The first-order chi connectivity index (χ1) is 26.7. The van der Waals surface area contributed by atoms with Crippen LogP contribution < -0.4 is 0 Å². The molecular weight excluding hydrogens is 653 g/mol. The Morgan fingerprint density at radius 1 is 0.444 bits per heavy atom. The lowest BCUT2D eigenvalue weighted by molar-refractivity contribution is 0.623. The number of nitrogens with zero attached hydrogens (tertiary/aromatic N) is 2. The van der Waals surface area contributed by atoms with Gasteiger partial charge in [-0.15, -0.1) is 0 Å². The summed E-state index contributed by atoms with van der Waals surface area (Å²) in [6.45, 7) is 4.48. The third-order valence-corrected chi connectivity index (χ3v) is 12.3. The maximum absolute atomic E-state index is 5.39. The fourth-order valence-corrected chi connectivity index (χ4v) is 10.3. The van der Waals surface area contributed by atoms with Gasteiger partial charge in [0.25, 0.3) is 0 Å². The summed E-state index contributed by atoms with van der Waals surface area (Å²) in [5.74, 6) is 0.728. The minimum atomic E-state index is -0.557. The lowest BCUT2D eigenvalue weighted by Gasteiger charge is -2.49. The lowest BCUT2D eigenvalue weighted by Crippen LogP contribution is -2.44. The van der Waals surface area contributed by atoms with E-state index in [9.17, 15) is 0 Å². The first-order valence-electron chi connectivity index (χ1n) is 18.9. The molecule has 7 aromatic carbocycles. The average molecular weight is 689 g/mol. The molecule has 11 rings (SSSR count). The first-order valence-corrected chi connectivity index (χ1v) is 18.9. The fourth-order valence-electron chi connectivity index (χ4n) is 10.3. The number of fused-ring (bicyclic) bond motifs is 14. The van der Waals surface area contributed by atoms with Gasteiger partial charge >= 0.3 is 0 Å². The van der Waals surface area contributed by atoms with Crippen LogP contribution in [0, 0.1) is 0 Å². The molecule has 0 bridgehead atoms. The summed E-state index contributed by atoms with van der Waals surface area (Å²) >= 11 is 0. The van der Waals surface area contributed by atoms with Crippen LogP contribution in [0.25, 0.3) is 50.2 Å². The molecule has 0 fully saturated rings. The second-order valence-corrected chi connectivity index (χ2v) is 14.8. The molecule has 54 heavy (non-hydrogen) atoms. The van der Waals surface area contributed by atoms with E-state index in [0.717, 1.165) is 33.5 Å². The highest BCUT2D eigenvalue weighted by Gasteiger charge is 2.58. The van der Waals surface area contributed by atoms with Crippen LogP contribution in [-0.4, -0.2) is 9.97 Å². The van der Waals surface area contributed by atoms with E-state index in [4.69, 9.17) is 9.97 Å². The SMILES string of the molecule is C/C=C\C1=C(C)C2(c3ccccc31)c1ccccc1C1(c3ccccc3-c3ccccc31)c1cc(-c3nc(-c4ccccc4)c4ccccc4n3)ccc12. The van der Waals surface area contributed by atoms with Gasteiger partial charge in [-0.1, -0.05) is 170 Å². The Morgan fingerprint density at radius 2 is 0.981 bits per heavy atom. The van der Waals surface area contributed by atoms with Crippen molar-refractivity contribution in [2.75, 3.05) is 0 Å². The van der Waals surface area contributed by atoms with Crippen molar-refractivity contribution in [1.29, 1.82) is 0 Å². The van der Waals surface area contributed by atoms with Gasteiger partial charge in [0.15, 0.2) is 5.82 Å². The normalized spacial score (nSPS) is 17.1. The van der Waals surface area contributed by atoms with Gasteiger partial charge in [0.2, 0.25) is 0 Å². The van der Waals surface area contributed by atoms with Gasteiger partial charge in [-0.3, -0.25) is 0 Å². The fraction of sp³-hybridized carbons (Fsp3) is 0.0769. The van der Waals surface area contributed by atoms with Crippen molar-refractivity contribution in [2.45, 2.75) is 24.7 Å². The number of para-hydroxylation sites is 1. The Hall–Kier alpha value is -6.64. The van der Waals surface area contributed by atoms with E-state index in [2.05, 4.69) is 196 Å². The van der Waals surface area contributed by atoms with E-state index in [-0.39, 0.29) is 0 Å². The Kier molecular flexibility index (Phi) is 6.55. The molecule has 0 aliphatic heterocycles. The Bertz CT molecular complexity index is 2870. The van der Waals surface area contributed by atoms with Gasteiger partial charge in [0.05, 0.1) is 22.0 Å². The van der Waals surface area contributed by atoms with E-state index in [1.54, 1.807) is 0 Å². The Labute approximate surface area is 315 Å². The zero-order chi connectivity index (χ0) is 36.0. The molecular formula is C52H36N2. The minimum absolute atomic E-state index is 0.493. The molecule has 0 N–H and O–H groups in total. The van der Waals surface area contributed by atoms with Crippen LogP contribution in [-0.2, 0) is 10.8 Å². The van der Waals surface area contributed by atoms with Crippen LogP contribution in [0.1, 0.15) is 58.4 Å². The van der Waals surface area contributed by atoms with E-state index in [1.807, 2.05) is 0 Å². The summed E-state index contributed by atoms with van der Waals surface area (Å²) in [6.07, 6.45) is 4.48. The molecule has 1 aromatic heterocycles. The van der Waals surface area contributed by atoms with Crippen molar-refractivity contribution in [1.82, 2.24) is 9.97 Å². The summed E-state index contributed by atoms with van der Waals surface area (Å²) < 4.78 is 0. The zero-order valence-corrected chi connectivity index (χ0v) is 30.2. The molecule has 2 spiro atoms. The molecule has 1 atom stereocenters. The number of allylic oxidation sites excluding steroid dienone is 4. The highest BCUT2D eigenvalue weighted by Crippen LogP contribution is 2.67. The molecule has 0 saturated carbocycles. The van der Waals surface area contributed by atoms with Crippen LogP contribution in [0.15, 0.2) is 188 Å². The molecule has 8 aromatic rings. The Balaban J connectivity index is 1.30. The molecule has 1 heterocycles. The Morgan fingerprint density at radius 3 is 1.67 bits per heavy atom. The minimum Gasteiger partial charge on any atom is -0.228 e. The predicted molar refractivity (Wildman–Crippen MR) is 221 cm³/mol. The quantitative estimate of drug-likeness (QED) is 0.185. The molecule has 3 aliphatic carbocycles. The molecule has 0 saturated heterocycles. The highest BCUT2D eigenvalue weighted by molar-refractivity contribution is 5.96. The third kappa shape index (κ3) is 3.85. The van der Waals surface area contributed by atoms with Gasteiger partial charge in [0.1, 0.15) is 0 Å². The average Bonchev–Trinajstić information content (AvgIpc) is 3.67. The molecule has 0 amide bonds. The summed E-state index contributed by atoms with van der Waals surface area (Å²) in [5, 5.41) is 1.05. The van der Waals surface area contributed by atoms with E-state index in [0.29, 0.717) is 0 Å². The smallest absolute Gasteiger partial charge is 0.160 e. The monoisotopic (exact) mass is 688 g/mol. The van der Waals surface area contributed by atoms with Crippen LogP contribution >= 0.6 is 0 Å². The van der Waals surface area contributed by atoms with Crippen molar-refractivity contribution in [3.05, 3.63) is 232 Å². The van der Waals surface area contributed by atoms with Crippen LogP contribution in [0.4, 0.5) is 0 Å². The molecule has 0 radical (unpaired) electrons. The maximum atomic E-state index is 5.39. The van der Waals surface area contributed by atoms with Crippen molar-refractivity contribution in [3.8, 4) is 33.8 Å². The van der Waals surface area contributed by atoms with Crippen molar-refractivity contribution >= 4 is 16.5 Å². The molecule has 3 aliphatic rings. The molecule has 254 valence electrons. The van der Waals surface area contributed by atoms with E-state index < -0.39 is 10.8 Å². The van der Waals surface area contributed by atoms with Crippen LogP contribution in [0.3, 0.4) is 0 Å². The van der Waals surface area contributed by atoms with Gasteiger partial charge in [-0.2, -0.15) is 0 Å². The van der Waals surface area contributed by atoms with E-state index >= 15 is 0 Å². The molecule has 2 nitrogen and oxygen atoms in total. The number of hydrogen-bond donors (Lipinski definition) is 0. The summed E-state index contributed by atoms with van der Waals surface area (Å²) in [4.78, 5) is 10.7. The van der Waals surface area contributed by atoms with Gasteiger partial charge in [-0.25, -0.2) is 9.97 Å². The van der Waals surface area contributed by atoms with Gasteiger partial charge in [-0.05, 0) is 92.8 Å². The number of rotatable bonds is 3. The van der Waals surface area contributed by atoms with Gasteiger partial charge in [0, 0.05) is 16.5 Å². The van der Waals surface area contributed by atoms with Crippen LogP contribution in [0.2, 0.25) is 0 Å². The van der Waals surface area contributed by atoms with Crippen LogP contribution in [0.5, 0.6) is 0 Å². The van der Waals surface area contributed by atoms with Crippen molar-refractivity contribution in [3.63, 3.8) is 0 Å². The number of benzene rings is 7. The topological polar surface area (TPSA) is 25.8 Å². The molecule has 2 heteroatoms. The van der Waals surface area contributed by atoms with Gasteiger partial charge < -0.3 is 0 Å². The van der Waals surface area contributed by atoms with E-state index in [1.165, 1.54) is 66.8 Å². The van der Waals surface area contributed by atoms with Crippen molar-refractivity contribution < 1.29 is 0 Å². The summed E-state index contributed by atoms with van der Waals surface area (Å²) in [7, 11) is 0. The number of hydrogen-bond acceptors (Lipinski definition) is 2. The number of aromatic nitrogens is 2. The summed E-state index contributed by atoms with van der Waals surface area (Å²) in [6, 6.07) is 62.4. The maximum Gasteiger partial charge on any atom is 0.160 e. The second-order valence-electron chi connectivity index (χ2n) is 14.8. The first kappa shape index (κ1) is 30.9. The predicted octanol–water partition coefficient (Wildman–Crippen LogP) is 12.3.